The second kappa shape index (κ2) is 9.35. The molecule has 2 N–H and O–H groups in total. The molecule has 0 aliphatic heterocycles. The number of anilines is 2. The maximum Gasteiger partial charge on any atom is 0.353 e. The van der Waals surface area contributed by atoms with Gasteiger partial charge in [0.05, 0.1) is 29.2 Å². The average Bonchev–Trinajstić information content (AvgIpc) is 2.70. The van der Waals surface area contributed by atoms with Crippen molar-refractivity contribution in [2.75, 3.05) is 30.0 Å². The summed E-state index contributed by atoms with van der Waals surface area (Å²) in [6.07, 6.45) is 0.830. The second-order valence-corrected chi connectivity index (χ2v) is 8.35. The molecule has 1 atom stereocenters. The van der Waals surface area contributed by atoms with Gasteiger partial charge in [-0.05, 0) is 31.5 Å². The number of ether oxygens (including phenoxy) is 1. The Morgan fingerprint density at radius 3 is 2.45 bits per heavy atom. The van der Waals surface area contributed by atoms with Crippen LogP contribution in [0.1, 0.15) is 31.0 Å². The smallest absolute Gasteiger partial charge is 0.353 e. The molecular formula is C18H20N6O6S. The van der Waals surface area contributed by atoms with Gasteiger partial charge in [0.25, 0.3) is 5.16 Å². The van der Waals surface area contributed by atoms with Gasteiger partial charge in [-0.2, -0.15) is 15.2 Å². The molecule has 2 rings (SSSR count). The molecule has 1 aromatic heterocycles. The summed E-state index contributed by atoms with van der Waals surface area (Å²) in [6, 6.07) is 7.56. The molecule has 1 heterocycles. The Balaban J connectivity index is 2.72. The summed E-state index contributed by atoms with van der Waals surface area (Å²) in [5, 5.41) is 19.9. The minimum atomic E-state index is -3.97. The molecule has 13 heteroatoms. The number of esters is 1. The normalized spacial score (nSPS) is 11.9. The molecule has 0 fully saturated rings. The molecule has 0 saturated carbocycles. The molecule has 31 heavy (non-hydrogen) atoms. The molecule has 1 aromatic carbocycles. The fourth-order valence-electron chi connectivity index (χ4n) is 2.74. The third-order valence-electron chi connectivity index (χ3n) is 4.25. The molecule has 0 aliphatic rings. The van der Waals surface area contributed by atoms with Gasteiger partial charge in [0.15, 0.2) is 0 Å². The number of nitrogen functional groups attached to an aromatic ring is 1. The van der Waals surface area contributed by atoms with E-state index in [1.807, 2.05) is 6.07 Å². The third-order valence-corrected chi connectivity index (χ3v) is 5.10. The molecule has 0 amide bonds. The van der Waals surface area contributed by atoms with Gasteiger partial charge in [0, 0.05) is 6.26 Å². The monoisotopic (exact) mass is 448 g/mol. The van der Waals surface area contributed by atoms with E-state index in [1.54, 1.807) is 38.1 Å². The highest BCUT2D eigenvalue weighted by Crippen LogP contribution is 2.36. The van der Waals surface area contributed by atoms with Gasteiger partial charge >= 0.3 is 11.7 Å². The Kier molecular flexibility index (Phi) is 7.08. The zero-order chi connectivity index (χ0) is 23.3. The topological polar surface area (TPSA) is 182 Å². The lowest BCUT2D eigenvalue weighted by Gasteiger charge is -2.29. The SMILES string of the molecule is CCOC(=O)CN(c1nc(S(C)(=O)=O)nc(N)c1[N+](=O)[O-])C(C)c1ccc(C#N)cc1. The Bertz CT molecular complexity index is 1140. The van der Waals surface area contributed by atoms with Gasteiger partial charge < -0.3 is 15.4 Å². The number of benzene rings is 1. The predicted molar refractivity (Wildman–Crippen MR) is 110 cm³/mol. The molecular weight excluding hydrogens is 428 g/mol. The molecule has 0 saturated heterocycles. The number of nitriles is 1. The van der Waals surface area contributed by atoms with Crippen LogP contribution in [0.15, 0.2) is 29.4 Å². The van der Waals surface area contributed by atoms with Crippen molar-refractivity contribution in [1.82, 2.24) is 9.97 Å². The Morgan fingerprint density at radius 1 is 1.35 bits per heavy atom. The number of hydrogen-bond donors (Lipinski definition) is 1. The van der Waals surface area contributed by atoms with E-state index >= 15 is 0 Å². The molecule has 164 valence electrons. The summed E-state index contributed by atoms with van der Waals surface area (Å²) in [5.41, 5.74) is 5.92. The van der Waals surface area contributed by atoms with Crippen LogP contribution >= 0.6 is 0 Å². The van der Waals surface area contributed by atoms with Crippen LogP contribution in [-0.2, 0) is 19.4 Å². The molecule has 2 aromatic rings. The first-order valence-electron chi connectivity index (χ1n) is 8.93. The van der Waals surface area contributed by atoms with E-state index < -0.39 is 55.8 Å². The van der Waals surface area contributed by atoms with E-state index in [1.165, 1.54) is 4.90 Å². The van der Waals surface area contributed by atoms with Crippen molar-refractivity contribution in [3.05, 3.63) is 45.5 Å². The largest absolute Gasteiger partial charge is 0.465 e. The van der Waals surface area contributed by atoms with Crippen molar-refractivity contribution in [2.45, 2.75) is 25.0 Å². The van der Waals surface area contributed by atoms with Crippen molar-refractivity contribution in [3.63, 3.8) is 0 Å². The fourth-order valence-corrected chi connectivity index (χ4v) is 3.25. The van der Waals surface area contributed by atoms with Crippen molar-refractivity contribution in [1.29, 1.82) is 5.26 Å². The zero-order valence-corrected chi connectivity index (χ0v) is 17.8. The maximum atomic E-state index is 12.2. The Morgan fingerprint density at radius 2 is 1.97 bits per heavy atom. The minimum Gasteiger partial charge on any atom is -0.465 e. The molecule has 0 spiro atoms. The Labute approximate surface area is 178 Å². The van der Waals surface area contributed by atoms with Crippen LogP contribution in [0.2, 0.25) is 0 Å². The number of nitro groups is 1. The van der Waals surface area contributed by atoms with Gasteiger partial charge in [-0.25, -0.2) is 8.42 Å². The van der Waals surface area contributed by atoms with Crippen LogP contribution in [-0.4, -0.2) is 48.7 Å². The van der Waals surface area contributed by atoms with Crippen molar-refractivity contribution < 1.29 is 22.9 Å². The first kappa shape index (κ1) is 23.5. The van der Waals surface area contributed by atoms with E-state index in [0.29, 0.717) is 11.1 Å². The van der Waals surface area contributed by atoms with E-state index in [0.717, 1.165) is 6.26 Å². The number of aromatic nitrogens is 2. The van der Waals surface area contributed by atoms with Gasteiger partial charge in [0.2, 0.25) is 21.5 Å². The van der Waals surface area contributed by atoms with Crippen LogP contribution in [0.5, 0.6) is 0 Å². The minimum absolute atomic E-state index is 0.0700. The number of hydrogen-bond acceptors (Lipinski definition) is 11. The number of sulfone groups is 1. The number of carbonyl (C=O) groups is 1. The molecule has 0 bridgehead atoms. The van der Waals surface area contributed by atoms with E-state index in [2.05, 4.69) is 9.97 Å². The van der Waals surface area contributed by atoms with Crippen molar-refractivity contribution in [2.24, 2.45) is 0 Å². The standard InChI is InChI=1S/C18H20N6O6S/c1-4-30-14(25)10-23(11(2)13-7-5-12(9-19)6-8-13)17-15(24(26)27)16(20)21-18(22-17)31(3,28)29/h5-8,11H,4,10H2,1-3H3,(H2,20,21,22). The lowest BCUT2D eigenvalue weighted by atomic mass is 10.0. The second-order valence-electron chi connectivity index (χ2n) is 6.44. The number of rotatable bonds is 8. The highest BCUT2D eigenvalue weighted by molar-refractivity contribution is 7.90. The highest BCUT2D eigenvalue weighted by Gasteiger charge is 2.33. The van der Waals surface area contributed by atoms with Gasteiger partial charge in [-0.1, -0.05) is 12.1 Å². The first-order chi connectivity index (χ1) is 14.5. The third kappa shape index (κ3) is 5.43. The summed E-state index contributed by atoms with van der Waals surface area (Å²) >= 11 is 0. The Hall–Kier alpha value is -3.79. The molecule has 0 radical (unpaired) electrons. The summed E-state index contributed by atoms with van der Waals surface area (Å²) < 4.78 is 28.9. The van der Waals surface area contributed by atoms with Crippen molar-refractivity contribution in [3.8, 4) is 6.07 Å². The van der Waals surface area contributed by atoms with E-state index in [4.69, 9.17) is 15.7 Å². The summed E-state index contributed by atoms with van der Waals surface area (Å²) in [5.74, 6) is -1.81. The summed E-state index contributed by atoms with van der Waals surface area (Å²) in [7, 11) is -3.97. The highest BCUT2D eigenvalue weighted by atomic mass is 32.2. The fraction of sp³-hybridized carbons (Fsp3) is 0.333. The van der Waals surface area contributed by atoms with Crippen LogP contribution < -0.4 is 10.6 Å². The number of nitrogens with two attached hydrogens (primary N) is 1. The van der Waals surface area contributed by atoms with Gasteiger partial charge in [-0.15, -0.1) is 0 Å². The molecule has 1 unspecified atom stereocenters. The summed E-state index contributed by atoms with van der Waals surface area (Å²) in [4.78, 5) is 31.7. The molecule has 12 nitrogen and oxygen atoms in total. The van der Waals surface area contributed by atoms with Gasteiger partial charge in [0.1, 0.15) is 6.54 Å². The van der Waals surface area contributed by atoms with Crippen LogP contribution in [0.25, 0.3) is 0 Å². The first-order valence-corrected chi connectivity index (χ1v) is 10.8. The maximum absolute atomic E-state index is 12.2. The quantitative estimate of drug-likeness (QED) is 0.266. The average molecular weight is 448 g/mol. The van der Waals surface area contributed by atoms with E-state index in [-0.39, 0.29) is 6.61 Å². The van der Waals surface area contributed by atoms with Crippen molar-refractivity contribution >= 4 is 33.1 Å². The van der Waals surface area contributed by atoms with Crippen LogP contribution in [0.3, 0.4) is 0 Å². The zero-order valence-electron chi connectivity index (χ0n) is 17.0. The van der Waals surface area contributed by atoms with E-state index in [9.17, 15) is 23.3 Å². The predicted octanol–water partition coefficient (Wildman–Crippen LogP) is 1.37. The lowest BCUT2D eigenvalue weighted by Crippen LogP contribution is -2.35. The molecule has 0 aliphatic carbocycles. The number of nitrogens with zero attached hydrogens (tertiary/aromatic N) is 5. The number of carbonyl (C=O) groups excluding carboxylic acids is 1. The lowest BCUT2D eigenvalue weighted by molar-refractivity contribution is -0.383. The van der Waals surface area contributed by atoms with Gasteiger partial charge in [-0.3, -0.25) is 14.9 Å². The van der Waals surface area contributed by atoms with Crippen LogP contribution in [0.4, 0.5) is 17.3 Å². The van der Waals surface area contributed by atoms with Crippen LogP contribution in [0, 0.1) is 21.4 Å². The summed E-state index contributed by atoms with van der Waals surface area (Å²) in [6.45, 7) is 2.82.